The fourth-order valence-corrected chi connectivity index (χ4v) is 2.46. The third-order valence-corrected chi connectivity index (χ3v) is 4.32. The van der Waals surface area contributed by atoms with E-state index in [0.29, 0.717) is 12.6 Å². The molecule has 2 aliphatic rings. The third-order valence-electron chi connectivity index (χ3n) is 4.32. The van der Waals surface area contributed by atoms with Gasteiger partial charge in [0.05, 0.1) is 6.61 Å². The number of carbonyl (C=O) groups excluding carboxylic acids is 1. The minimum atomic E-state index is -0.0801. The number of cyclic esters (lactones) is 1. The number of rotatable bonds is 2. The Hall–Kier alpha value is -0.280. The van der Waals surface area contributed by atoms with Crippen LogP contribution in [-0.4, -0.2) is 24.7 Å². The number of nitrogens with one attached hydrogen (secondary N) is 1. The summed E-state index contributed by atoms with van der Waals surface area (Å²) >= 11 is 0. The molecule has 1 saturated carbocycles. The fraction of sp³-hybridized carbons (Fsp3) is 0.909. The molecule has 1 N–H and O–H groups in total. The second-order valence-corrected chi connectivity index (χ2v) is 5.55. The van der Waals surface area contributed by atoms with Crippen LogP contribution in [0, 0.1) is 10.8 Å². The number of ether oxygens (including phenoxy) is 1. The standard InChI is InChI=1S/C11H19NO2.ClH/c1-10(2)9(11(10,3)4)12-7-5-6-14-8(7)13;/h7,9,12H,5-6H2,1-4H3;1H. The molecule has 0 radical (unpaired) electrons. The van der Waals surface area contributed by atoms with Crippen molar-refractivity contribution in [3.8, 4) is 0 Å². The first-order chi connectivity index (χ1) is 6.37. The smallest absolute Gasteiger partial charge is 0.323 e. The lowest BCUT2D eigenvalue weighted by molar-refractivity contribution is -0.139. The van der Waals surface area contributed by atoms with Crippen LogP contribution in [0.3, 0.4) is 0 Å². The summed E-state index contributed by atoms with van der Waals surface area (Å²) < 4.78 is 4.93. The van der Waals surface area contributed by atoms with E-state index in [9.17, 15) is 4.79 Å². The van der Waals surface area contributed by atoms with Gasteiger partial charge in [-0.3, -0.25) is 4.79 Å². The lowest BCUT2D eigenvalue weighted by Crippen LogP contribution is -2.37. The molecule has 1 unspecified atom stereocenters. The topological polar surface area (TPSA) is 38.3 Å². The van der Waals surface area contributed by atoms with E-state index >= 15 is 0 Å². The van der Waals surface area contributed by atoms with Crippen LogP contribution in [0.15, 0.2) is 0 Å². The Morgan fingerprint density at radius 3 is 2.13 bits per heavy atom. The van der Waals surface area contributed by atoms with Crippen LogP contribution >= 0.6 is 12.4 Å². The summed E-state index contributed by atoms with van der Waals surface area (Å²) in [7, 11) is 0. The fourth-order valence-electron chi connectivity index (χ4n) is 2.46. The summed E-state index contributed by atoms with van der Waals surface area (Å²) in [5.74, 6) is -0.0801. The summed E-state index contributed by atoms with van der Waals surface area (Å²) in [4.78, 5) is 11.3. The van der Waals surface area contributed by atoms with Gasteiger partial charge in [-0.2, -0.15) is 0 Å². The monoisotopic (exact) mass is 233 g/mol. The van der Waals surface area contributed by atoms with Gasteiger partial charge in [0.15, 0.2) is 0 Å². The van der Waals surface area contributed by atoms with E-state index in [2.05, 4.69) is 33.0 Å². The van der Waals surface area contributed by atoms with Crippen molar-refractivity contribution in [2.45, 2.75) is 46.2 Å². The van der Waals surface area contributed by atoms with Gasteiger partial charge >= 0.3 is 5.97 Å². The molecule has 2 fully saturated rings. The molecule has 0 bridgehead atoms. The zero-order valence-electron chi connectivity index (χ0n) is 9.79. The first-order valence-electron chi connectivity index (χ1n) is 5.30. The molecule has 1 aliphatic carbocycles. The van der Waals surface area contributed by atoms with Gasteiger partial charge in [0, 0.05) is 12.5 Å². The minimum absolute atomic E-state index is 0. The van der Waals surface area contributed by atoms with E-state index in [1.54, 1.807) is 0 Å². The second-order valence-electron chi connectivity index (χ2n) is 5.55. The van der Waals surface area contributed by atoms with Crippen LogP contribution in [-0.2, 0) is 9.53 Å². The predicted molar refractivity (Wildman–Crippen MR) is 61.1 cm³/mol. The van der Waals surface area contributed by atoms with Crippen LogP contribution in [0.25, 0.3) is 0 Å². The molecule has 0 aromatic rings. The highest BCUT2D eigenvalue weighted by Crippen LogP contribution is 2.62. The quantitative estimate of drug-likeness (QED) is 0.739. The molecule has 1 aliphatic heterocycles. The van der Waals surface area contributed by atoms with Gasteiger partial charge in [-0.25, -0.2) is 0 Å². The molecule has 88 valence electrons. The molecular weight excluding hydrogens is 214 g/mol. The van der Waals surface area contributed by atoms with Gasteiger partial charge in [0.1, 0.15) is 6.04 Å². The Bertz CT molecular complexity index is 262. The molecule has 1 heterocycles. The van der Waals surface area contributed by atoms with Crippen molar-refractivity contribution < 1.29 is 9.53 Å². The van der Waals surface area contributed by atoms with Gasteiger partial charge in [-0.05, 0) is 10.8 Å². The normalized spacial score (nSPS) is 32.0. The van der Waals surface area contributed by atoms with Crippen molar-refractivity contribution in [2.24, 2.45) is 10.8 Å². The molecule has 0 aromatic carbocycles. The van der Waals surface area contributed by atoms with E-state index in [-0.39, 0.29) is 35.2 Å². The Balaban J connectivity index is 0.00000112. The number of hydrogen-bond acceptors (Lipinski definition) is 3. The van der Waals surface area contributed by atoms with Crippen molar-refractivity contribution in [3.05, 3.63) is 0 Å². The number of esters is 1. The van der Waals surface area contributed by atoms with Gasteiger partial charge in [0.25, 0.3) is 0 Å². The van der Waals surface area contributed by atoms with Crippen molar-refractivity contribution >= 4 is 18.4 Å². The van der Waals surface area contributed by atoms with Crippen molar-refractivity contribution in [3.63, 3.8) is 0 Å². The van der Waals surface area contributed by atoms with Crippen LogP contribution in [0.2, 0.25) is 0 Å². The van der Waals surface area contributed by atoms with Crippen molar-refractivity contribution in [2.75, 3.05) is 6.61 Å². The van der Waals surface area contributed by atoms with Gasteiger partial charge in [0.2, 0.25) is 0 Å². The zero-order chi connectivity index (χ0) is 10.6. The Morgan fingerprint density at radius 2 is 1.80 bits per heavy atom. The molecule has 0 amide bonds. The highest BCUT2D eigenvalue weighted by Gasteiger charge is 2.65. The Morgan fingerprint density at radius 1 is 1.27 bits per heavy atom. The molecule has 0 aromatic heterocycles. The molecule has 3 nitrogen and oxygen atoms in total. The van der Waals surface area contributed by atoms with Crippen LogP contribution in [0.5, 0.6) is 0 Å². The van der Waals surface area contributed by atoms with E-state index in [1.807, 2.05) is 0 Å². The predicted octanol–water partition coefficient (Wildman–Crippen LogP) is 1.75. The maximum Gasteiger partial charge on any atom is 0.323 e. The third kappa shape index (κ3) is 1.76. The highest BCUT2D eigenvalue weighted by atomic mass is 35.5. The van der Waals surface area contributed by atoms with Crippen molar-refractivity contribution in [1.29, 1.82) is 0 Å². The van der Waals surface area contributed by atoms with Crippen molar-refractivity contribution in [1.82, 2.24) is 5.32 Å². The first kappa shape index (κ1) is 12.8. The molecule has 4 heteroatoms. The Labute approximate surface area is 97.4 Å². The second kappa shape index (κ2) is 3.63. The molecule has 15 heavy (non-hydrogen) atoms. The number of carbonyl (C=O) groups is 1. The summed E-state index contributed by atoms with van der Waals surface area (Å²) in [6.45, 7) is 9.54. The SMILES string of the molecule is CC1(C)C(NC2CCOC2=O)C1(C)C.Cl. The van der Waals surface area contributed by atoms with Crippen LogP contribution in [0.4, 0.5) is 0 Å². The van der Waals surface area contributed by atoms with E-state index in [1.165, 1.54) is 0 Å². The zero-order valence-corrected chi connectivity index (χ0v) is 10.6. The van der Waals surface area contributed by atoms with Crippen LogP contribution < -0.4 is 5.32 Å². The maximum atomic E-state index is 11.3. The van der Waals surface area contributed by atoms with E-state index in [4.69, 9.17) is 4.74 Å². The lowest BCUT2D eigenvalue weighted by Gasteiger charge is -2.09. The molecule has 1 saturated heterocycles. The lowest BCUT2D eigenvalue weighted by atomic mass is 10.0. The van der Waals surface area contributed by atoms with Gasteiger partial charge in [-0.1, -0.05) is 27.7 Å². The van der Waals surface area contributed by atoms with Gasteiger partial charge in [-0.15, -0.1) is 12.4 Å². The molecule has 2 rings (SSSR count). The average molecular weight is 234 g/mol. The first-order valence-corrected chi connectivity index (χ1v) is 5.30. The van der Waals surface area contributed by atoms with E-state index < -0.39 is 0 Å². The Kier molecular flexibility index (Phi) is 3.10. The number of hydrogen-bond donors (Lipinski definition) is 1. The molecule has 1 atom stereocenters. The molecule has 0 spiro atoms. The summed E-state index contributed by atoms with van der Waals surface area (Å²) in [6, 6.07) is 0.367. The summed E-state index contributed by atoms with van der Waals surface area (Å²) in [5, 5.41) is 3.41. The maximum absolute atomic E-state index is 11.3. The average Bonchev–Trinajstić information content (AvgIpc) is 2.46. The van der Waals surface area contributed by atoms with Crippen LogP contribution in [0.1, 0.15) is 34.1 Å². The summed E-state index contributed by atoms with van der Waals surface area (Å²) in [5.41, 5.74) is 0.575. The molecular formula is C11H20ClNO2. The van der Waals surface area contributed by atoms with Gasteiger partial charge < -0.3 is 10.1 Å². The minimum Gasteiger partial charge on any atom is -0.464 e. The summed E-state index contributed by atoms with van der Waals surface area (Å²) in [6.07, 6.45) is 0.821. The largest absolute Gasteiger partial charge is 0.464 e. The number of halogens is 1. The van der Waals surface area contributed by atoms with E-state index in [0.717, 1.165) is 6.42 Å². The highest BCUT2D eigenvalue weighted by molar-refractivity contribution is 5.85.